The molecule has 346 valence electrons. The molecular weight excluding hydrogens is 908 g/mol. The number of hydrogen-bond acceptors (Lipinski definition) is 15. The third-order valence-electron chi connectivity index (χ3n) is 10.7. The summed E-state index contributed by atoms with van der Waals surface area (Å²) < 4.78 is 74.2. The number of nitrogens with zero attached hydrogens (tertiary/aromatic N) is 3. The van der Waals surface area contributed by atoms with E-state index in [0.29, 0.717) is 38.9 Å². The monoisotopic (exact) mass is 951 g/mol. The molecule has 0 saturated carbocycles. The van der Waals surface area contributed by atoms with Crippen LogP contribution in [0.25, 0.3) is 11.0 Å². The van der Waals surface area contributed by atoms with E-state index >= 15 is 0 Å². The van der Waals surface area contributed by atoms with Gasteiger partial charge in [0.2, 0.25) is 0 Å². The van der Waals surface area contributed by atoms with Crippen LogP contribution in [0.3, 0.4) is 0 Å². The molecule has 1 unspecified atom stereocenters. The first-order chi connectivity index (χ1) is 32.1. The van der Waals surface area contributed by atoms with Crippen molar-refractivity contribution in [3.8, 4) is 11.5 Å². The Labute approximate surface area is 382 Å². The van der Waals surface area contributed by atoms with Gasteiger partial charge in [-0.15, -0.1) is 0 Å². The molecule has 0 bridgehead atoms. The fraction of sp³-hybridized carbons (Fsp3) is 0.213. The molecule has 2 aromatic heterocycles. The number of phosphoric ester groups is 2. The molecule has 7 aromatic rings. The molecule has 1 fully saturated rings. The van der Waals surface area contributed by atoms with Crippen molar-refractivity contribution in [3.63, 3.8) is 0 Å². The normalized spacial score (nSPS) is 16.6. The Morgan fingerprint density at radius 1 is 0.731 bits per heavy atom. The Morgan fingerprint density at radius 3 is 1.84 bits per heavy atom. The maximum Gasteiger partial charge on any atom is 0.484 e. The van der Waals surface area contributed by atoms with Crippen molar-refractivity contribution in [2.45, 2.75) is 52.4 Å². The highest BCUT2D eigenvalue weighted by molar-refractivity contribution is 7.61. The van der Waals surface area contributed by atoms with E-state index in [9.17, 15) is 33.2 Å². The highest BCUT2D eigenvalue weighted by Crippen LogP contribution is 2.64. The third kappa shape index (κ3) is 11.7. The molecule has 18 nitrogen and oxygen atoms in total. The number of carbonyl (C=O) groups excluding carboxylic acids is 2. The molecule has 0 aliphatic carbocycles. The lowest BCUT2D eigenvalue weighted by Crippen LogP contribution is -2.40. The summed E-state index contributed by atoms with van der Waals surface area (Å²) in [6.07, 6.45) is -0.303. The molecule has 20 heteroatoms. The molecule has 0 amide bonds. The van der Waals surface area contributed by atoms with Gasteiger partial charge in [-0.2, -0.15) is 4.31 Å². The first kappa shape index (κ1) is 46.9. The molecule has 1 aliphatic heterocycles. The predicted molar refractivity (Wildman–Crippen MR) is 240 cm³/mol. The number of hydrogen-bond donors (Lipinski definition) is 1. The van der Waals surface area contributed by atoms with Crippen molar-refractivity contribution in [3.05, 3.63) is 195 Å². The minimum atomic E-state index is -5.28. The Morgan fingerprint density at radius 2 is 1.27 bits per heavy atom. The first-order valence-electron chi connectivity index (χ1n) is 20.7. The number of phosphoric acid groups is 2. The van der Waals surface area contributed by atoms with Gasteiger partial charge in [-0.3, -0.25) is 27.5 Å². The molecule has 1 N–H and O–H groups in total. The van der Waals surface area contributed by atoms with Crippen molar-refractivity contribution in [1.82, 2.24) is 14.3 Å². The summed E-state index contributed by atoms with van der Waals surface area (Å²) in [6.45, 7) is 1.95. The van der Waals surface area contributed by atoms with Gasteiger partial charge < -0.3 is 23.6 Å². The van der Waals surface area contributed by atoms with Gasteiger partial charge in [0, 0.05) is 24.1 Å². The van der Waals surface area contributed by atoms with Crippen LogP contribution < -0.4 is 20.7 Å². The molecule has 1 aliphatic rings. The third-order valence-corrected chi connectivity index (χ3v) is 13.7. The Balaban J connectivity index is 0.938. The van der Waals surface area contributed by atoms with E-state index in [1.165, 1.54) is 65.4 Å². The van der Waals surface area contributed by atoms with Gasteiger partial charge in [0.1, 0.15) is 23.4 Å². The van der Waals surface area contributed by atoms with Gasteiger partial charge in [-0.1, -0.05) is 91.8 Å². The maximum absolute atomic E-state index is 14.2. The van der Waals surface area contributed by atoms with Gasteiger partial charge in [0.05, 0.1) is 43.6 Å². The minimum absolute atomic E-state index is 0.168. The number of benzene rings is 5. The van der Waals surface area contributed by atoms with Crippen LogP contribution in [0, 0.1) is 5.41 Å². The molecule has 0 spiro atoms. The van der Waals surface area contributed by atoms with Gasteiger partial charge in [-0.25, -0.2) is 23.5 Å². The van der Waals surface area contributed by atoms with Crippen LogP contribution in [0.1, 0.15) is 64.0 Å². The molecule has 5 aromatic carbocycles. The average molecular weight is 952 g/mol. The summed E-state index contributed by atoms with van der Waals surface area (Å²) in [6, 6.07) is 37.0. The molecule has 8 rings (SSSR count). The topological polar surface area (TPSA) is 223 Å². The molecule has 0 radical (unpaired) electrons. The van der Waals surface area contributed by atoms with E-state index in [0.717, 1.165) is 4.57 Å². The highest BCUT2D eigenvalue weighted by Gasteiger charge is 2.46. The zero-order valence-electron chi connectivity index (χ0n) is 35.9. The summed E-state index contributed by atoms with van der Waals surface area (Å²) in [5.74, 6) is -0.727. The van der Waals surface area contributed by atoms with E-state index in [1.807, 2.05) is 0 Å². The number of para-hydroxylation sites is 1. The SMILES string of the molecule is CC1(C)C[C@H](n2ccc(=O)n(Cc3noc4ccccc34)c2=O)O[C@@H]1COP(=O)(O)OP(=O)(OCc1ccc(OC(=O)c2ccccc2)cc1)OCc1ccc(OC(=O)c2ccccc2)cc1. The van der Waals surface area contributed by atoms with Gasteiger partial charge in [0.15, 0.2) is 5.58 Å². The number of fused-ring (bicyclic) bond motifs is 1. The van der Waals surface area contributed by atoms with Crippen LogP contribution in [0.2, 0.25) is 0 Å². The largest absolute Gasteiger partial charge is 0.484 e. The summed E-state index contributed by atoms with van der Waals surface area (Å²) in [5.41, 5.74) is 0.345. The quantitative estimate of drug-likeness (QED) is 0.0483. The molecule has 3 atom stereocenters. The van der Waals surface area contributed by atoms with Crippen molar-refractivity contribution in [2.24, 2.45) is 5.41 Å². The van der Waals surface area contributed by atoms with Crippen LogP contribution >= 0.6 is 15.6 Å². The van der Waals surface area contributed by atoms with Gasteiger partial charge >= 0.3 is 33.3 Å². The van der Waals surface area contributed by atoms with Crippen LogP contribution in [0.4, 0.5) is 0 Å². The Hall–Kier alpha value is -6.59. The number of ether oxygens (including phenoxy) is 3. The standard InChI is InChI=1S/C47H43N3O15P2/c1-47(2)27-43(49-26-25-42(51)50(46(49)54)28-39-38-15-9-10-16-40(38)64-48-39)63-41(47)31-58-66(55,56)65-67(57,59-29-32-17-21-36(22-18-32)61-44(52)34-11-5-3-6-12-34)60-30-33-19-23-37(24-20-33)62-45(53)35-13-7-4-8-14-35/h3-26,41,43H,27-31H2,1-2H3,(H,55,56)/t41-,43-/m1/s1. The van der Waals surface area contributed by atoms with E-state index < -0.39 is 76.4 Å². The van der Waals surface area contributed by atoms with E-state index in [1.54, 1.807) is 98.8 Å². The Kier molecular flexibility index (Phi) is 14.1. The van der Waals surface area contributed by atoms with Gasteiger partial charge in [0.25, 0.3) is 5.56 Å². The summed E-state index contributed by atoms with van der Waals surface area (Å²) in [7, 11) is -10.2. The second-order valence-electron chi connectivity index (χ2n) is 16.0. The van der Waals surface area contributed by atoms with Crippen molar-refractivity contribution in [2.75, 3.05) is 6.61 Å². The average Bonchev–Trinajstić information content (AvgIpc) is 3.88. The summed E-state index contributed by atoms with van der Waals surface area (Å²) >= 11 is 0. The lowest BCUT2D eigenvalue weighted by Gasteiger charge is -2.26. The molecule has 3 heterocycles. The fourth-order valence-electron chi connectivity index (χ4n) is 7.02. The predicted octanol–water partition coefficient (Wildman–Crippen LogP) is 8.63. The van der Waals surface area contributed by atoms with E-state index in [2.05, 4.69) is 5.16 Å². The Bertz CT molecular complexity index is 2980. The van der Waals surface area contributed by atoms with Crippen LogP contribution in [0.5, 0.6) is 11.5 Å². The lowest BCUT2D eigenvalue weighted by atomic mass is 9.85. The zero-order valence-corrected chi connectivity index (χ0v) is 37.7. The smallest absolute Gasteiger partial charge is 0.423 e. The zero-order chi connectivity index (χ0) is 47.2. The van der Waals surface area contributed by atoms with E-state index in [4.69, 9.17) is 36.6 Å². The van der Waals surface area contributed by atoms with Crippen molar-refractivity contribution in [1.29, 1.82) is 0 Å². The maximum atomic E-state index is 14.2. The number of rotatable bonds is 18. The number of aromatic nitrogens is 3. The van der Waals surface area contributed by atoms with Crippen LogP contribution in [0.15, 0.2) is 160 Å². The minimum Gasteiger partial charge on any atom is -0.423 e. The number of esters is 2. The summed E-state index contributed by atoms with van der Waals surface area (Å²) in [4.78, 5) is 62.7. The summed E-state index contributed by atoms with van der Waals surface area (Å²) in [5, 5.41) is 4.69. The fourth-order valence-corrected chi connectivity index (χ4v) is 9.61. The lowest BCUT2D eigenvalue weighted by molar-refractivity contribution is -0.0427. The van der Waals surface area contributed by atoms with Crippen LogP contribution in [-0.4, -0.2) is 43.8 Å². The molecule has 67 heavy (non-hydrogen) atoms. The van der Waals surface area contributed by atoms with Crippen LogP contribution in [-0.2, 0) is 51.5 Å². The van der Waals surface area contributed by atoms with Gasteiger partial charge in [-0.05, 0) is 77.2 Å². The second-order valence-corrected chi connectivity index (χ2v) is 19.2. The second kappa shape index (κ2) is 20.1. The molecule has 1 saturated heterocycles. The highest BCUT2D eigenvalue weighted by atomic mass is 31.3. The number of carbonyl (C=O) groups is 2. The van der Waals surface area contributed by atoms with Crippen molar-refractivity contribution >= 4 is 38.6 Å². The van der Waals surface area contributed by atoms with E-state index in [-0.39, 0.29) is 24.5 Å². The molecular formula is C47H43N3O15P2. The van der Waals surface area contributed by atoms with Crippen molar-refractivity contribution < 1.29 is 60.2 Å². The first-order valence-corrected chi connectivity index (χ1v) is 23.7.